The third-order valence-corrected chi connectivity index (χ3v) is 4.43. The van der Waals surface area contributed by atoms with E-state index in [1.54, 1.807) is 12.1 Å². The van der Waals surface area contributed by atoms with Crippen LogP contribution in [0.15, 0.2) is 18.2 Å². The summed E-state index contributed by atoms with van der Waals surface area (Å²) in [6, 6.07) is 5.40. The molecule has 0 saturated carbocycles. The van der Waals surface area contributed by atoms with Crippen LogP contribution >= 0.6 is 0 Å². The Hall–Kier alpha value is -2.48. The molecule has 0 amide bonds. The van der Waals surface area contributed by atoms with Crippen LogP contribution in [0.5, 0.6) is 5.75 Å². The highest BCUT2D eigenvalue weighted by molar-refractivity contribution is 5.49. The molecule has 3 rings (SSSR count). The van der Waals surface area contributed by atoms with Crippen molar-refractivity contribution in [2.45, 2.75) is 52.2 Å². The number of hydrogen-bond acceptors (Lipinski definition) is 6. The lowest BCUT2D eigenvalue weighted by Crippen LogP contribution is -2.39. The summed E-state index contributed by atoms with van der Waals surface area (Å²) in [5.74, 6) is 2.13. The summed E-state index contributed by atoms with van der Waals surface area (Å²) >= 11 is 0. The van der Waals surface area contributed by atoms with E-state index in [4.69, 9.17) is 4.74 Å². The van der Waals surface area contributed by atoms with Crippen molar-refractivity contribution in [3.63, 3.8) is 0 Å². The molecule has 1 aliphatic rings. The molecule has 25 heavy (non-hydrogen) atoms. The van der Waals surface area contributed by atoms with Crippen molar-refractivity contribution in [1.29, 1.82) is 0 Å². The van der Waals surface area contributed by atoms with Crippen molar-refractivity contribution < 1.29 is 9.66 Å². The fourth-order valence-corrected chi connectivity index (χ4v) is 3.24. The van der Waals surface area contributed by atoms with Crippen molar-refractivity contribution in [3.8, 4) is 5.75 Å². The van der Waals surface area contributed by atoms with Gasteiger partial charge in [-0.3, -0.25) is 10.1 Å². The number of benzene rings is 1. The lowest BCUT2D eigenvalue weighted by Gasteiger charge is -2.27. The highest BCUT2D eigenvalue weighted by Crippen LogP contribution is 2.30. The van der Waals surface area contributed by atoms with Crippen LogP contribution in [0.4, 0.5) is 5.69 Å². The van der Waals surface area contributed by atoms with Gasteiger partial charge >= 0.3 is 5.69 Å². The first-order chi connectivity index (χ1) is 12.0. The molecule has 8 nitrogen and oxygen atoms in total. The van der Waals surface area contributed by atoms with Crippen LogP contribution in [-0.2, 0) is 13.0 Å². The molecule has 1 aliphatic heterocycles. The van der Waals surface area contributed by atoms with Gasteiger partial charge in [0, 0.05) is 24.6 Å². The third-order valence-electron chi connectivity index (χ3n) is 4.43. The first-order valence-electron chi connectivity index (χ1n) is 8.55. The number of nitro groups is 1. The highest BCUT2D eigenvalue weighted by atomic mass is 16.6. The lowest BCUT2D eigenvalue weighted by molar-refractivity contribution is -0.385. The number of nitro benzene ring substituents is 1. The van der Waals surface area contributed by atoms with Crippen LogP contribution < -0.4 is 10.1 Å². The van der Waals surface area contributed by atoms with Gasteiger partial charge in [0.25, 0.3) is 0 Å². The fraction of sp³-hybridized carbons (Fsp3) is 0.529. The molecular weight excluding hydrogens is 322 g/mol. The quantitative estimate of drug-likeness (QED) is 0.638. The number of nitrogens with one attached hydrogen (secondary N) is 1. The minimum atomic E-state index is -0.397. The Labute approximate surface area is 146 Å². The van der Waals surface area contributed by atoms with Gasteiger partial charge in [-0.05, 0) is 38.8 Å². The molecule has 1 N–H and O–H groups in total. The second-order valence-electron chi connectivity index (χ2n) is 6.30. The van der Waals surface area contributed by atoms with E-state index in [9.17, 15) is 10.1 Å². The summed E-state index contributed by atoms with van der Waals surface area (Å²) in [5.41, 5.74) is 0.876. The molecule has 8 heteroatoms. The maximum Gasteiger partial charge on any atom is 0.311 e. The normalized spacial score (nSPS) is 17.8. The molecule has 0 spiro atoms. The first-order valence-corrected chi connectivity index (χ1v) is 8.55. The summed E-state index contributed by atoms with van der Waals surface area (Å²) in [7, 11) is 0. The summed E-state index contributed by atoms with van der Waals surface area (Å²) in [6.45, 7) is 6.89. The van der Waals surface area contributed by atoms with Gasteiger partial charge in [0.15, 0.2) is 5.75 Å². The number of aryl methyl sites for hydroxylation is 2. The largest absolute Gasteiger partial charge is 0.487 e. The second-order valence-corrected chi connectivity index (χ2v) is 6.30. The van der Waals surface area contributed by atoms with Gasteiger partial charge in [-0.25, -0.2) is 9.67 Å². The van der Waals surface area contributed by atoms with Gasteiger partial charge in [0.2, 0.25) is 0 Å². The lowest BCUT2D eigenvalue weighted by atomic mass is 10.0. The molecule has 0 saturated heterocycles. The predicted octanol–water partition coefficient (Wildman–Crippen LogP) is 2.56. The molecule has 0 unspecified atom stereocenters. The van der Waals surface area contributed by atoms with E-state index in [0.717, 1.165) is 36.6 Å². The minimum Gasteiger partial charge on any atom is -0.487 e. The average molecular weight is 345 g/mol. The topological polar surface area (TPSA) is 95.1 Å². The van der Waals surface area contributed by atoms with Gasteiger partial charge in [0.1, 0.15) is 11.6 Å². The predicted molar refractivity (Wildman–Crippen MR) is 92.7 cm³/mol. The summed E-state index contributed by atoms with van der Waals surface area (Å²) in [5, 5.41) is 19.2. The first kappa shape index (κ1) is 17.3. The van der Waals surface area contributed by atoms with Gasteiger partial charge in [-0.15, -0.1) is 0 Å². The molecular formula is C17H23N5O3. The van der Waals surface area contributed by atoms with Gasteiger partial charge in [-0.2, -0.15) is 5.10 Å². The SMILES string of the molecule is CCOc1ccc([C@H](C)N[C@H]2CCc3nc(C)nn3C2)cc1[N+](=O)[O-]. The van der Waals surface area contributed by atoms with Crippen LogP contribution in [0, 0.1) is 17.0 Å². The van der Waals surface area contributed by atoms with Crippen molar-refractivity contribution in [3.05, 3.63) is 45.5 Å². The van der Waals surface area contributed by atoms with Crippen LogP contribution in [-0.4, -0.2) is 32.3 Å². The molecule has 0 aliphatic carbocycles. The molecule has 2 heterocycles. The number of nitrogens with zero attached hydrogens (tertiary/aromatic N) is 4. The summed E-state index contributed by atoms with van der Waals surface area (Å²) in [6.07, 6.45) is 1.86. The number of hydrogen-bond donors (Lipinski definition) is 1. The molecule has 0 fully saturated rings. The van der Waals surface area contributed by atoms with Crippen molar-refractivity contribution in [1.82, 2.24) is 20.1 Å². The Bertz CT molecular complexity index is 774. The Balaban J connectivity index is 1.72. The van der Waals surface area contributed by atoms with E-state index in [2.05, 4.69) is 15.4 Å². The van der Waals surface area contributed by atoms with E-state index in [1.807, 2.05) is 31.5 Å². The zero-order valence-electron chi connectivity index (χ0n) is 14.7. The summed E-state index contributed by atoms with van der Waals surface area (Å²) < 4.78 is 7.29. The number of ether oxygens (including phenoxy) is 1. The van der Waals surface area contributed by atoms with Crippen LogP contribution in [0.1, 0.15) is 43.5 Å². The van der Waals surface area contributed by atoms with Gasteiger partial charge < -0.3 is 10.1 Å². The Morgan fingerprint density at radius 2 is 2.32 bits per heavy atom. The van der Waals surface area contributed by atoms with E-state index >= 15 is 0 Å². The molecule has 2 atom stereocenters. The minimum absolute atomic E-state index is 0.00540. The van der Waals surface area contributed by atoms with E-state index < -0.39 is 4.92 Å². The van der Waals surface area contributed by atoms with Gasteiger partial charge in [0.05, 0.1) is 18.1 Å². The Morgan fingerprint density at radius 1 is 1.52 bits per heavy atom. The zero-order chi connectivity index (χ0) is 18.0. The maximum atomic E-state index is 11.3. The molecule has 0 bridgehead atoms. The van der Waals surface area contributed by atoms with E-state index in [1.165, 1.54) is 0 Å². The van der Waals surface area contributed by atoms with Crippen LogP contribution in [0.25, 0.3) is 0 Å². The standard InChI is InChI=1S/C17H23N5O3/c1-4-25-16-7-5-13(9-15(16)22(23)24)11(2)18-14-6-8-17-19-12(3)20-21(17)10-14/h5,7,9,11,14,18H,4,6,8,10H2,1-3H3/t11-,14-/m0/s1. The Kier molecular flexibility index (Phi) is 4.98. The van der Waals surface area contributed by atoms with Crippen LogP contribution in [0.2, 0.25) is 0 Å². The van der Waals surface area contributed by atoms with E-state index in [0.29, 0.717) is 12.4 Å². The summed E-state index contributed by atoms with van der Waals surface area (Å²) in [4.78, 5) is 15.3. The Morgan fingerprint density at radius 3 is 3.04 bits per heavy atom. The fourth-order valence-electron chi connectivity index (χ4n) is 3.24. The number of rotatable bonds is 6. The van der Waals surface area contributed by atoms with Crippen LogP contribution in [0.3, 0.4) is 0 Å². The molecule has 1 aromatic heterocycles. The van der Waals surface area contributed by atoms with Crippen molar-refractivity contribution >= 4 is 5.69 Å². The molecule has 2 aromatic rings. The average Bonchev–Trinajstić information content (AvgIpc) is 2.94. The molecule has 134 valence electrons. The maximum absolute atomic E-state index is 11.3. The molecule has 0 radical (unpaired) electrons. The van der Waals surface area contributed by atoms with E-state index in [-0.39, 0.29) is 17.8 Å². The second kappa shape index (κ2) is 7.18. The zero-order valence-corrected chi connectivity index (χ0v) is 14.7. The highest BCUT2D eigenvalue weighted by Gasteiger charge is 2.24. The third kappa shape index (κ3) is 3.79. The van der Waals surface area contributed by atoms with Gasteiger partial charge in [-0.1, -0.05) is 6.07 Å². The number of fused-ring (bicyclic) bond motifs is 1. The molecule has 1 aromatic carbocycles. The monoisotopic (exact) mass is 345 g/mol. The number of aromatic nitrogens is 3. The van der Waals surface area contributed by atoms with Crippen molar-refractivity contribution in [2.75, 3.05) is 6.61 Å². The van der Waals surface area contributed by atoms with Crippen molar-refractivity contribution in [2.24, 2.45) is 0 Å². The smallest absolute Gasteiger partial charge is 0.311 e.